The lowest BCUT2D eigenvalue weighted by Crippen LogP contribution is -1.95. The molecular weight excluding hydrogens is 220 g/mol. The number of hydrogen-bond acceptors (Lipinski definition) is 2. The average molecular weight is 238 g/mol. The van der Waals surface area contributed by atoms with Crippen LogP contribution in [0.25, 0.3) is 0 Å². The zero-order valence-corrected chi connectivity index (χ0v) is 10.6. The van der Waals surface area contributed by atoms with E-state index in [-0.39, 0.29) is 0 Å². The molecule has 1 aromatic rings. The Morgan fingerprint density at radius 2 is 2.19 bits per heavy atom. The molecule has 16 heavy (non-hydrogen) atoms. The molecule has 0 saturated carbocycles. The minimum absolute atomic E-state index is 0.369. The molecule has 0 atom stereocenters. The zero-order valence-electron chi connectivity index (χ0n) is 9.77. The summed E-state index contributed by atoms with van der Waals surface area (Å²) in [5.74, 6) is 0.942. The van der Waals surface area contributed by atoms with Gasteiger partial charge in [0, 0.05) is 4.90 Å². The first-order chi connectivity index (χ1) is 7.59. The smallest absolute Gasteiger partial charge is 0.335 e. The third-order valence-electron chi connectivity index (χ3n) is 2.28. The van der Waals surface area contributed by atoms with Crippen molar-refractivity contribution in [2.45, 2.75) is 31.6 Å². The zero-order chi connectivity index (χ0) is 12.0. The van der Waals surface area contributed by atoms with Crippen LogP contribution >= 0.6 is 11.8 Å². The maximum Gasteiger partial charge on any atom is 0.335 e. The summed E-state index contributed by atoms with van der Waals surface area (Å²) in [6, 6.07) is 7.13. The topological polar surface area (TPSA) is 37.3 Å². The number of benzene rings is 1. The quantitative estimate of drug-likeness (QED) is 0.603. The maximum atomic E-state index is 10.8. The van der Waals surface area contributed by atoms with E-state index in [1.807, 2.05) is 6.07 Å². The van der Waals surface area contributed by atoms with E-state index in [1.165, 1.54) is 12.8 Å². The van der Waals surface area contributed by atoms with Gasteiger partial charge in [-0.3, -0.25) is 0 Å². The van der Waals surface area contributed by atoms with Gasteiger partial charge in [-0.05, 0) is 36.3 Å². The Hall–Kier alpha value is -0.960. The Balaban J connectivity index is 2.42. The van der Waals surface area contributed by atoms with Crippen molar-refractivity contribution in [2.75, 3.05) is 5.75 Å². The number of aromatic carboxylic acids is 1. The molecule has 2 nitrogen and oxygen atoms in total. The summed E-state index contributed by atoms with van der Waals surface area (Å²) < 4.78 is 0. The third-order valence-corrected chi connectivity index (χ3v) is 3.36. The van der Waals surface area contributed by atoms with E-state index in [0.29, 0.717) is 5.56 Å². The molecule has 0 radical (unpaired) electrons. The Bertz CT molecular complexity index is 348. The van der Waals surface area contributed by atoms with Crippen LogP contribution in [-0.2, 0) is 0 Å². The van der Waals surface area contributed by atoms with Gasteiger partial charge in [0.2, 0.25) is 0 Å². The van der Waals surface area contributed by atoms with Crippen LogP contribution in [0, 0.1) is 5.92 Å². The Morgan fingerprint density at radius 1 is 1.44 bits per heavy atom. The molecule has 0 fully saturated rings. The van der Waals surface area contributed by atoms with Gasteiger partial charge in [-0.15, -0.1) is 11.8 Å². The van der Waals surface area contributed by atoms with Crippen molar-refractivity contribution in [3.8, 4) is 0 Å². The number of carboxylic acid groups (broad SMARTS) is 1. The molecule has 3 heteroatoms. The summed E-state index contributed by atoms with van der Waals surface area (Å²) in [5.41, 5.74) is 0.369. The van der Waals surface area contributed by atoms with Crippen LogP contribution in [0.2, 0.25) is 0 Å². The second-order valence-corrected chi connectivity index (χ2v) is 5.39. The van der Waals surface area contributed by atoms with Crippen molar-refractivity contribution >= 4 is 17.7 Å². The minimum Gasteiger partial charge on any atom is -0.478 e. The van der Waals surface area contributed by atoms with Crippen molar-refractivity contribution in [3.63, 3.8) is 0 Å². The van der Waals surface area contributed by atoms with Crippen molar-refractivity contribution < 1.29 is 9.90 Å². The van der Waals surface area contributed by atoms with Crippen molar-refractivity contribution in [1.29, 1.82) is 0 Å². The molecule has 0 aliphatic rings. The summed E-state index contributed by atoms with van der Waals surface area (Å²) >= 11 is 1.73. The number of rotatable bonds is 6. The fraction of sp³-hybridized carbons (Fsp3) is 0.462. The summed E-state index contributed by atoms with van der Waals surface area (Å²) in [7, 11) is 0. The first-order valence-corrected chi connectivity index (χ1v) is 6.54. The van der Waals surface area contributed by atoms with E-state index in [1.54, 1.807) is 30.0 Å². The van der Waals surface area contributed by atoms with E-state index in [2.05, 4.69) is 13.8 Å². The Morgan fingerprint density at radius 3 is 2.81 bits per heavy atom. The van der Waals surface area contributed by atoms with E-state index in [4.69, 9.17) is 5.11 Å². The van der Waals surface area contributed by atoms with Crippen LogP contribution in [0.15, 0.2) is 29.2 Å². The van der Waals surface area contributed by atoms with Crippen LogP contribution in [-0.4, -0.2) is 16.8 Å². The molecule has 1 rings (SSSR count). The van der Waals surface area contributed by atoms with Crippen LogP contribution in [0.4, 0.5) is 0 Å². The third kappa shape index (κ3) is 4.71. The fourth-order valence-corrected chi connectivity index (χ4v) is 2.33. The standard InChI is InChI=1S/C13H18O2S/c1-10(2)5-4-8-16-12-7-3-6-11(9-12)13(14)15/h3,6-7,9-10H,4-5,8H2,1-2H3,(H,14,15). The molecule has 0 bridgehead atoms. The highest BCUT2D eigenvalue weighted by atomic mass is 32.2. The molecule has 0 spiro atoms. The van der Waals surface area contributed by atoms with Crippen molar-refractivity contribution in [1.82, 2.24) is 0 Å². The van der Waals surface area contributed by atoms with Gasteiger partial charge in [0.25, 0.3) is 0 Å². The molecule has 0 unspecified atom stereocenters. The molecule has 0 aromatic heterocycles. The fourth-order valence-electron chi connectivity index (χ4n) is 1.40. The molecule has 88 valence electrons. The van der Waals surface area contributed by atoms with Crippen molar-refractivity contribution in [3.05, 3.63) is 29.8 Å². The number of hydrogen-bond donors (Lipinski definition) is 1. The van der Waals surface area contributed by atoms with Gasteiger partial charge in [0.05, 0.1) is 5.56 Å². The summed E-state index contributed by atoms with van der Waals surface area (Å²) in [5, 5.41) is 8.84. The van der Waals surface area contributed by atoms with Gasteiger partial charge in [-0.25, -0.2) is 4.79 Å². The highest BCUT2D eigenvalue weighted by molar-refractivity contribution is 7.99. The predicted molar refractivity (Wildman–Crippen MR) is 68.2 cm³/mol. The molecule has 0 heterocycles. The van der Waals surface area contributed by atoms with Gasteiger partial charge in [0.1, 0.15) is 0 Å². The molecular formula is C13H18O2S. The summed E-state index contributed by atoms with van der Waals surface area (Å²) in [6.07, 6.45) is 2.41. The average Bonchev–Trinajstić information content (AvgIpc) is 2.24. The van der Waals surface area contributed by atoms with E-state index in [0.717, 1.165) is 16.6 Å². The SMILES string of the molecule is CC(C)CCCSc1cccc(C(=O)O)c1. The second kappa shape index (κ2) is 6.59. The van der Waals surface area contributed by atoms with Gasteiger partial charge in [-0.1, -0.05) is 26.3 Å². The van der Waals surface area contributed by atoms with Gasteiger partial charge >= 0.3 is 5.97 Å². The predicted octanol–water partition coefficient (Wildman–Crippen LogP) is 3.91. The van der Waals surface area contributed by atoms with Crippen LogP contribution in [0.5, 0.6) is 0 Å². The molecule has 1 aromatic carbocycles. The van der Waals surface area contributed by atoms with Crippen LogP contribution < -0.4 is 0 Å². The molecule has 0 amide bonds. The first-order valence-electron chi connectivity index (χ1n) is 5.55. The molecule has 1 N–H and O–H groups in total. The second-order valence-electron chi connectivity index (χ2n) is 4.22. The number of carbonyl (C=O) groups is 1. The lowest BCUT2D eigenvalue weighted by atomic mass is 10.1. The maximum absolute atomic E-state index is 10.8. The van der Waals surface area contributed by atoms with Crippen molar-refractivity contribution in [2.24, 2.45) is 5.92 Å². The van der Waals surface area contributed by atoms with Gasteiger partial charge in [-0.2, -0.15) is 0 Å². The van der Waals surface area contributed by atoms with E-state index >= 15 is 0 Å². The van der Waals surface area contributed by atoms with Crippen LogP contribution in [0.1, 0.15) is 37.0 Å². The number of carboxylic acids is 1. The normalized spacial score (nSPS) is 10.7. The monoisotopic (exact) mass is 238 g/mol. The molecule has 0 aliphatic heterocycles. The summed E-state index contributed by atoms with van der Waals surface area (Å²) in [4.78, 5) is 11.8. The van der Waals surface area contributed by atoms with E-state index in [9.17, 15) is 4.79 Å². The summed E-state index contributed by atoms with van der Waals surface area (Å²) in [6.45, 7) is 4.44. The Kier molecular flexibility index (Phi) is 5.39. The highest BCUT2D eigenvalue weighted by Gasteiger charge is 2.03. The highest BCUT2D eigenvalue weighted by Crippen LogP contribution is 2.21. The largest absolute Gasteiger partial charge is 0.478 e. The van der Waals surface area contributed by atoms with Gasteiger partial charge < -0.3 is 5.11 Å². The minimum atomic E-state index is -0.857. The number of thioether (sulfide) groups is 1. The molecule has 0 aliphatic carbocycles. The lowest BCUT2D eigenvalue weighted by Gasteiger charge is -2.05. The van der Waals surface area contributed by atoms with E-state index < -0.39 is 5.97 Å². The first kappa shape index (κ1) is 13.1. The van der Waals surface area contributed by atoms with Crippen LogP contribution in [0.3, 0.4) is 0 Å². The Labute approximate surface area is 101 Å². The molecule has 0 saturated heterocycles. The van der Waals surface area contributed by atoms with Gasteiger partial charge in [0.15, 0.2) is 0 Å². The lowest BCUT2D eigenvalue weighted by molar-refractivity contribution is 0.0696.